The zero-order chi connectivity index (χ0) is 17.8. The molecule has 0 fully saturated rings. The second-order valence-electron chi connectivity index (χ2n) is 5.25. The van der Waals surface area contributed by atoms with Gasteiger partial charge in [0.25, 0.3) is 0 Å². The summed E-state index contributed by atoms with van der Waals surface area (Å²) in [5.74, 6) is -0.00306. The number of nitrogens with zero attached hydrogens (tertiary/aromatic N) is 3. The van der Waals surface area contributed by atoms with E-state index in [0.29, 0.717) is 33.5 Å². The van der Waals surface area contributed by atoms with E-state index in [1.54, 1.807) is 35.9 Å². The lowest BCUT2D eigenvalue weighted by Gasteiger charge is -2.08. The summed E-state index contributed by atoms with van der Waals surface area (Å²) in [6.07, 6.45) is 1.47. The zero-order valence-electron chi connectivity index (χ0n) is 13.8. The number of aromatic nitrogens is 3. The molecule has 0 aliphatic heterocycles. The monoisotopic (exact) mass is 357 g/mol. The van der Waals surface area contributed by atoms with Crippen LogP contribution in [-0.4, -0.2) is 27.8 Å². The predicted molar refractivity (Wildman–Crippen MR) is 93.2 cm³/mol. The number of para-hydroxylation sites is 1. The maximum atomic E-state index is 12.4. The number of rotatable bonds is 5. The lowest BCUT2D eigenvalue weighted by molar-refractivity contribution is 0.0466. The van der Waals surface area contributed by atoms with Gasteiger partial charge >= 0.3 is 5.97 Å². The molecular formula is C18H16ClN3O3. The minimum absolute atomic E-state index is 0.0484. The number of esters is 1. The van der Waals surface area contributed by atoms with Crippen LogP contribution in [0.3, 0.4) is 0 Å². The number of ether oxygens (including phenoxy) is 2. The SMILES string of the molecule is COc1cccc(COC(=O)c2cnn(-c3ccccc3Cl)c2C)n1. The summed E-state index contributed by atoms with van der Waals surface area (Å²) in [5.41, 5.74) is 2.33. The zero-order valence-corrected chi connectivity index (χ0v) is 14.5. The Balaban J connectivity index is 1.76. The number of hydrogen-bond acceptors (Lipinski definition) is 5. The van der Waals surface area contributed by atoms with Crippen molar-refractivity contribution >= 4 is 17.6 Å². The molecule has 128 valence electrons. The highest BCUT2D eigenvalue weighted by molar-refractivity contribution is 6.32. The number of halogens is 1. The van der Waals surface area contributed by atoms with Crippen molar-refractivity contribution in [1.29, 1.82) is 0 Å². The summed E-state index contributed by atoms with van der Waals surface area (Å²) in [4.78, 5) is 16.6. The fourth-order valence-electron chi connectivity index (χ4n) is 2.35. The van der Waals surface area contributed by atoms with Gasteiger partial charge in [-0.15, -0.1) is 0 Å². The summed E-state index contributed by atoms with van der Waals surface area (Å²) in [7, 11) is 1.53. The van der Waals surface area contributed by atoms with Gasteiger partial charge < -0.3 is 9.47 Å². The van der Waals surface area contributed by atoms with Crippen molar-refractivity contribution in [3.8, 4) is 11.6 Å². The van der Waals surface area contributed by atoms with Crippen LogP contribution in [0, 0.1) is 6.92 Å². The van der Waals surface area contributed by atoms with E-state index in [9.17, 15) is 4.79 Å². The van der Waals surface area contributed by atoms with Crippen molar-refractivity contribution in [3.63, 3.8) is 0 Å². The summed E-state index contributed by atoms with van der Waals surface area (Å²) in [6.45, 7) is 1.84. The van der Waals surface area contributed by atoms with E-state index >= 15 is 0 Å². The molecule has 0 spiro atoms. The van der Waals surface area contributed by atoms with E-state index < -0.39 is 5.97 Å². The third-order valence-corrected chi connectivity index (χ3v) is 3.97. The topological polar surface area (TPSA) is 66.2 Å². The lowest BCUT2D eigenvalue weighted by Crippen LogP contribution is -2.08. The molecule has 3 rings (SSSR count). The van der Waals surface area contributed by atoms with Crippen LogP contribution >= 0.6 is 11.6 Å². The molecule has 0 radical (unpaired) electrons. The number of hydrogen-bond donors (Lipinski definition) is 0. The first-order valence-corrected chi connectivity index (χ1v) is 7.94. The Kier molecular flexibility index (Phi) is 5.00. The molecule has 1 aromatic carbocycles. The van der Waals surface area contributed by atoms with Crippen LogP contribution in [-0.2, 0) is 11.3 Å². The van der Waals surface area contributed by atoms with Crippen LogP contribution in [0.4, 0.5) is 0 Å². The first-order chi connectivity index (χ1) is 12.1. The minimum atomic E-state index is -0.472. The molecule has 2 aromatic heterocycles. The Bertz CT molecular complexity index is 908. The molecular weight excluding hydrogens is 342 g/mol. The van der Waals surface area contributed by atoms with Gasteiger partial charge in [0.1, 0.15) is 12.2 Å². The Morgan fingerprint density at radius 2 is 2.00 bits per heavy atom. The smallest absolute Gasteiger partial charge is 0.342 e. The third-order valence-electron chi connectivity index (χ3n) is 3.65. The van der Waals surface area contributed by atoms with Crippen LogP contribution in [0.1, 0.15) is 21.7 Å². The largest absolute Gasteiger partial charge is 0.481 e. The number of methoxy groups -OCH3 is 1. The van der Waals surface area contributed by atoms with Crippen molar-refractivity contribution in [3.05, 3.63) is 70.6 Å². The van der Waals surface area contributed by atoms with Crippen molar-refractivity contribution < 1.29 is 14.3 Å². The maximum absolute atomic E-state index is 12.4. The highest BCUT2D eigenvalue weighted by Crippen LogP contribution is 2.22. The van der Waals surface area contributed by atoms with E-state index in [1.807, 2.05) is 18.2 Å². The standard InChI is InChI=1S/C18H16ClN3O3/c1-12-14(10-20-22(12)16-8-4-3-7-15(16)19)18(23)25-11-13-6-5-9-17(21-13)24-2/h3-10H,11H2,1-2H3. The van der Waals surface area contributed by atoms with E-state index in [2.05, 4.69) is 10.1 Å². The first kappa shape index (κ1) is 17.0. The second kappa shape index (κ2) is 7.36. The summed E-state index contributed by atoms with van der Waals surface area (Å²) in [6, 6.07) is 12.6. The van der Waals surface area contributed by atoms with Gasteiger partial charge in [0.2, 0.25) is 5.88 Å². The summed E-state index contributed by atoms with van der Waals surface area (Å²) in [5, 5.41) is 4.80. The molecule has 0 bridgehead atoms. The summed E-state index contributed by atoms with van der Waals surface area (Å²) < 4.78 is 12.0. The molecule has 0 unspecified atom stereocenters. The lowest BCUT2D eigenvalue weighted by atomic mass is 10.2. The van der Waals surface area contributed by atoms with Crippen molar-refractivity contribution in [2.24, 2.45) is 0 Å². The van der Waals surface area contributed by atoms with Crippen molar-refractivity contribution in [2.45, 2.75) is 13.5 Å². The molecule has 0 amide bonds. The van der Waals surface area contributed by atoms with Gasteiger partial charge in [-0.3, -0.25) is 0 Å². The van der Waals surface area contributed by atoms with Gasteiger partial charge in [0.15, 0.2) is 0 Å². The van der Waals surface area contributed by atoms with E-state index in [4.69, 9.17) is 21.1 Å². The number of pyridine rings is 1. The number of carbonyl (C=O) groups is 1. The van der Waals surface area contributed by atoms with Gasteiger partial charge in [-0.1, -0.05) is 29.8 Å². The van der Waals surface area contributed by atoms with Gasteiger partial charge in [0, 0.05) is 6.07 Å². The quantitative estimate of drug-likeness (QED) is 0.653. The molecule has 0 aliphatic rings. The molecule has 2 heterocycles. The Labute approximate surface area is 150 Å². The van der Waals surface area contributed by atoms with E-state index in [0.717, 1.165) is 0 Å². The molecule has 0 saturated carbocycles. The van der Waals surface area contributed by atoms with Crippen molar-refractivity contribution in [1.82, 2.24) is 14.8 Å². The predicted octanol–water partition coefficient (Wildman–Crippen LogP) is 3.59. The molecule has 0 atom stereocenters. The van der Waals surface area contributed by atoms with Gasteiger partial charge in [-0.25, -0.2) is 14.5 Å². The van der Waals surface area contributed by atoms with Crippen LogP contribution in [0.2, 0.25) is 5.02 Å². The van der Waals surface area contributed by atoms with E-state index in [-0.39, 0.29) is 6.61 Å². The summed E-state index contributed by atoms with van der Waals surface area (Å²) >= 11 is 6.19. The third kappa shape index (κ3) is 3.64. The Hall–Kier alpha value is -2.86. The molecule has 6 nitrogen and oxygen atoms in total. The van der Waals surface area contributed by atoms with Crippen LogP contribution in [0.5, 0.6) is 5.88 Å². The highest BCUT2D eigenvalue weighted by Gasteiger charge is 2.18. The van der Waals surface area contributed by atoms with Crippen molar-refractivity contribution in [2.75, 3.05) is 7.11 Å². The average molecular weight is 358 g/mol. The number of carbonyl (C=O) groups excluding carboxylic acids is 1. The Morgan fingerprint density at radius 1 is 1.20 bits per heavy atom. The van der Waals surface area contributed by atoms with Gasteiger partial charge in [-0.05, 0) is 25.1 Å². The molecule has 0 saturated heterocycles. The minimum Gasteiger partial charge on any atom is -0.481 e. The van der Waals surface area contributed by atoms with E-state index in [1.165, 1.54) is 13.3 Å². The van der Waals surface area contributed by atoms with Gasteiger partial charge in [0.05, 0.1) is 35.4 Å². The maximum Gasteiger partial charge on any atom is 0.342 e. The second-order valence-corrected chi connectivity index (χ2v) is 5.66. The highest BCUT2D eigenvalue weighted by atomic mass is 35.5. The fraction of sp³-hybridized carbons (Fsp3) is 0.167. The first-order valence-electron chi connectivity index (χ1n) is 7.56. The normalized spacial score (nSPS) is 10.5. The van der Waals surface area contributed by atoms with Crippen LogP contribution in [0.25, 0.3) is 5.69 Å². The molecule has 0 N–H and O–H groups in total. The molecule has 3 aromatic rings. The van der Waals surface area contributed by atoms with Gasteiger partial charge in [-0.2, -0.15) is 5.10 Å². The molecule has 25 heavy (non-hydrogen) atoms. The fourth-order valence-corrected chi connectivity index (χ4v) is 2.56. The van der Waals surface area contributed by atoms with Crippen LogP contribution < -0.4 is 4.74 Å². The van der Waals surface area contributed by atoms with Crippen LogP contribution in [0.15, 0.2) is 48.7 Å². The molecule has 0 aliphatic carbocycles. The Morgan fingerprint density at radius 3 is 2.76 bits per heavy atom. The number of benzene rings is 1. The average Bonchev–Trinajstić information content (AvgIpc) is 3.01. The molecule has 7 heteroatoms.